The van der Waals surface area contributed by atoms with Crippen LogP contribution in [0.5, 0.6) is 0 Å². The van der Waals surface area contributed by atoms with E-state index in [-0.39, 0.29) is 11.2 Å². The van der Waals surface area contributed by atoms with E-state index in [1.54, 1.807) is 13.1 Å². The molecule has 1 heterocycles. The molecule has 4 N–H and O–H groups in total. The van der Waals surface area contributed by atoms with E-state index in [1.165, 1.54) is 11.6 Å². The molecule has 14 heavy (non-hydrogen) atoms. The van der Waals surface area contributed by atoms with Gasteiger partial charge in [-0.3, -0.25) is 14.2 Å². The third kappa shape index (κ3) is 1.54. The van der Waals surface area contributed by atoms with Crippen molar-refractivity contribution < 1.29 is 4.79 Å². The molecule has 0 aliphatic rings. The quantitative estimate of drug-likeness (QED) is 0.573. The topological polar surface area (TPSA) is 89.2 Å². The first-order valence-corrected chi connectivity index (χ1v) is 3.99. The van der Waals surface area contributed by atoms with Gasteiger partial charge >= 0.3 is 0 Å². The first-order chi connectivity index (χ1) is 6.61. The molecule has 0 fully saturated rings. The highest BCUT2D eigenvalue weighted by Crippen LogP contribution is 2.18. The summed E-state index contributed by atoms with van der Waals surface area (Å²) in [6, 6.07) is 1.58. The van der Waals surface area contributed by atoms with Crippen molar-refractivity contribution in [3.8, 4) is 0 Å². The standard InChI is InChI=1S/C8H12N4O2/c1-10-5-3-6(9)12(2)8(14)7(5)11-4-13/h3-4,10H,9H2,1-2H3,(H,11,13). The van der Waals surface area contributed by atoms with E-state index in [2.05, 4.69) is 10.6 Å². The highest BCUT2D eigenvalue weighted by Gasteiger charge is 2.09. The SMILES string of the molecule is CNc1cc(N)n(C)c(=O)c1NC=O. The summed E-state index contributed by atoms with van der Waals surface area (Å²) < 4.78 is 1.26. The highest BCUT2D eigenvalue weighted by molar-refractivity contribution is 5.81. The molecule has 1 aromatic heterocycles. The van der Waals surface area contributed by atoms with Crippen molar-refractivity contribution >= 4 is 23.6 Å². The Balaban J connectivity index is 3.44. The van der Waals surface area contributed by atoms with Crippen LogP contribution in [0.2, 0.25) is 0 Å². The molecule has 0 aliphatic heterocycles. The molecule has 0 saturated heterocycles. The van der Waals surface area contributed by atoms with Crippen LogP contribution in [0.3, 0.4) is 0 Å². The second kappa shape index (κ2) is 3.82. The zero-order chi connectivity index (χ0) is 10.7. The number of nitrogens with one attached hydrogen (secondary N) is 2. The molecule has 0 unspecified atom stereocenters. The Kier molecular flexibility index (Phi) is 2.76. The number of carbonyl (C=O) groups excluding carboxylic acids is 1. The van der Waals surface area contributed by atoms with Gasteiger partial charge in [0.05, 0.1) is 5.69 Å². The van der Waals surface area contributed by atoms with Crippen molar-refractivity contribution in [2.24, 2.45) is 7.05 Å². The maximum Gasteiger partial charge on any atom is 0.277 e. The fourth-order valence-electron chi connectivity index (χ4n) is 1.11. The summed E-state index contributed by atoms with van der Waals surface area (Å²) in [5.41, 5.74) is 5.91. The second-order valence-electron chi connectivity index (χ2n) is 2.73. The lowest BCUT2D eigenvalue weighted by atomic mass is 10.3. The number of nitrogens with zero attached hydrogens (tertiary/aromatic N) is 1. The number of hydrogen-bond donors (Lipinski definition) is 3. The minimum atomic E-state index is -0.346. The number of pyridine rings is 1. The molecule has 0 spiro atoms. The van der Waals surface area contributed by atoms with Gasteiger partial charge in [0.25, 0.3) is 5.56 Å². The third-order valence-corrected chi connectivity index (χ3v) is 1.94. The Labute approximate surface area is 80.7 Å². The minimum Gasteiger partial charge on any atom is -0.386 e. The molecule has 1 amide bonds. The lowest BCUT2D eigenvalue weighted by molar-refractivity contribution is -0.105. The Morgan fingerprint density at radius 1 is 1.57 bits per heavy atom. The van der Waals surface area contributed by atoms with Crippen LogP contribution in [-0.4, -0.2) is 18.0 Å². The fraction of sp³-hybridized carbons (Fsp3) is 0.250. The summed E-state index contributed by atoms with van der Waals surface area (Å²) in [4.78, 5) is 21.9. The van der Waals surface area contributed by atoms with Crippen LogP contribution in [0.25, 0.3) is 0 Å². The van der Waals surface area contributed by atoms with E-state index < -0.39 is 0 Å². The lowest BCUT2D eigenvalue weighted by Gasteiger charge is -2.11. The normalized spacial score (nSPS) is 9.57. The summed E-state index contributed by atoms with van der Waals surface area (Å²) in [5.74, 6) is 0.329. The van der Waals surface area contributed by atoms with E-state index in [9.17, 15) is 9.59 Å². The molecular formula is C8H12N4O2. The first-order valence-electron chi connectivity index (χ1n) is 3.99. The van der Waals surface area contributed by atoms with Gasteiger partial charge in [0.2, 0.25) is 6.41 Å². The number of aromatic nitrogens is 1. The number of nitrogen functional groups attached to an aromatic ring is 1. The number of rotatable bonds is 3. The minimum absolute atomic E-state index is 0.194. The van der Waals surface area contributed by atoms with Gasteiger partial charge in [0.1, 0.15) is 11.5 Å². The van der Waals surface area contributed by atoms with Crippen LogP contribution in [0, 0.1) is 0 Å². The monoisotopic (exact) mass is 196 g/mol. The van der Waals surface area contributed by atoms with E-state index in [4.69, 9.17) is 5.73 Å². The van der Waals surface area contributed by atoms with Gasteiger partial charge in [-0.2, -0.15) is 0 Å². The number of amides is 1. The van der Waals surface area contributed by atoms with Crippen molar-refractivity contribution in [2.75, 3.05) is 23.4 Å². The van der Waals surface area contributed by atoms with Crippen molar-refractivity contribution in [2.45, 2.75) is 0 Å². The van der Waals surface area contributed by atoms with Crippen LogP contribution in [-0.2, 0) is 11.8 Å². The van der Waals surface area contributed by atoms with Crippen molar-refractivity contribution in [1.82, 2.24) is 4.57 Å². The number of carbonyl (C=O) groups is 1. The largest absolute Gasteiger partial charge is 0.386 e. The van der Waals surface area contributed by atoms with E-state index in [0.717, 1.165) is 0 Å². The Hall–Kier alpha value is -1.98. The predicted octanol–water partition coefficient (Wildman–Crippen LogP) is -0.423. The highest BCUT2D eigenvalue weighted by atomic mass is 16.1. The zero-order valence-corrected chi connectivity index (χ0v) is 8.00. The van der Waals surface area contributed by atoms with Gasteiger partial charge in [0.15, 0.2) is 0 Å². The van der Waals surface area contributed by atoms with Crippen LogP contribution in [0.1, 0.15) is 0 Å². The van der Waals surface area contributed by atoms with Crippen LogP contribution in [0.15, 0.2) is 10.9 Å². The molecular weight excluding hydrogens is 184 g/mol. The molecule has 0 bridgehead atoms. The third-order valence-electron chi connectivity index (χ3n) is 1.94. The van der Waals surface area contributed by atoms with Crippen LogP contribution in [0.4, 0.5) is 17.2 Å². The Bertz CT molecular complexity index is 411. The summed E-state index contributed by atoms with van der Waals surface area (Å²) in [7, 11) is 3.18. The molecule has 0 saturated carbocycles. The van der Waals surface area contributed by atoms with Crippen LogP contribution < -0.4 is 21.9 Å². The number of nitrogens with two attached hydrogens (primary N) is 1. The second-order valence-corrected chi connectivity index (χ2v) is 2.73. The number of hydrogen-bond acceptors (Lipinski definition) is 4. The molecule has 0 aliphatic carbocycles. The molecule has 6 nitrogen and oxygen atoms in total. The van der Waals surface area contributed by atoms with Gasteiger partial charge in [-0.25, -0.2) is 0 Å². The Morgan fingerprint density at radius 2 is 2.21 bits per heavy atom. The van der Waals surface area contributed by atoms with Crippen molar-refractivity contribution in [1.29, 1.82) is 0 Å². The van der Waals surface area contributed by atoms with Crippen molar-refractivity contribution in [3.05, 3.63) is 16.4 Å². The van der Waals surface area contributed by atoms with E-state index >= 15 is 0 Å². The molecule has 1 aromatic rings. The molecule has 0 atom stereocenters. The summed E-state index contributed by atoms with van der Waals surface area (Å²) >= 11 is 0. The fourth-order valence-corrected chi connectivity index (χ4v) is 1.11. The average molecular weight is 196 g/mol. The molecule has 1 rings (SSSR count). The van der Waals surface area contributed by atoms with Gasteiger partial charge in [0, 0.05) is 20.2 Å². The van der Waals surface area contributed by atoms with Gasteiger partial charge in [-0.15, -0.1) is 0 Å². The summed E-state index contributed by atoms with van der Waals surface area (Å²) in [6.07, 6.45) is 0.452. The molecule has 0 radical (unpaired) electrons. The summed E-state index contributed by atoms with van der Waals surface area (Å²) in [5, 5.41) is 5.11. The molecule has 76 valence electrons. The molecule has 6 heteroatoms. The van der Waals surface area contributed by atoms with Gasteiger partial charge < -0.3 is 16.4 Å². The summed E-state index contributed by atoms with van der Waals surface area (Å²) in [6.45, 7) is 0. The molecule has 0 aromatic carbocycles. The van der Waals surface area contributed by atoms with Gasteiger partial charge in [-0.05, 0) is 0 Å². The van der Waals surface area contributed by atoms with E-state index in [0.29, 0.717) is 17.9 Å². The predicted molar refractivity (Wildman–Crippen MR) is 55.3 cm³/mol. The lowest BCUT2D eigenvalue weighted by Crippen LogP contribution is -2.24. The zero-order valence-electron chi connectivity index (χ0n) is 8.00. The maximum atomic E-state index is 11.6. The van der Waals surface area contributed by atoms with Crippen molar-refractivity contribution in [3.63, 3.8) is 0 Å². The smallest absolute Gasteiger partial charge is 0.277 e. The Morgan fingerprint density at radius 3 is 2.71 bits per heavy atom. The van der Waals surface area contributed by atoms with Crippen LogP contribution >= 0.6 is 0 Å². The van der Waals surface area contributed by atoms with E-state index in [1.807, 2.05) is 0 Å². The van der Waals surface area contributed by atoms with Gasteiger partial charge in [-0.1, -0.05) is 0 Å². The number of anilines is 3. The average Bonchev–Trinajstić information content (AvgIpc) is 2.19. The first kappa shape index (κ1) is 10.1. The maximum absolute atomic E-state index is 11.6.